The highest BCUT2D eigenvalue weighted by Gasteiger charge is 2.04. The zero-order valence-corrected chi connectivity index (χ0v) is 9.06. The Morgan fingerprint density at radius 1 is 1.64 bits per heavy atom. The van der Waals surface area contributed by atoms with Crippen LogP contribution in [-0.2, 0) is 11.8 Å². The summed E-state index contributed by atoms with van der Waals surface area (Å²) in [5.41, 5.74) is -0.209. The fourth-order valence-corrected chi connectivity index (χ4v) is 1.80. The van der Waals surface area contributed by atoms with Crippen LogP contribution in [0.15, 0.2) is 9.95 Å². The van der Waals surface area contributed by atoms with Crippen LogP contribution < -0.4 is 5.69 Å². The highest BCUT2D eigenvalue weighted by atomic mass is 32.2. The van der Waals surface area contributed by atoms with Gasteiger partial charge in [-0.3, -0.25) is 4.57 Å². The highest BCUT2D eigenvalue weighted by Crippen LogP contribution is 2.13. The lowest BCUT2D eigenvalue weighted by Gasteiger charge is -1.98. The van der Waals surface area contributed by atoms with Gasteiger partial charge in [-0.1, -0.05) is 11.8 Å². The van der Waals surface area contributed by atoms with Crippen LogP contribution in [0.25, 0.3) is 0 Å². The molecule has 0 fully saturated rings. The van der Waals surface area contributed by atoms with E-state index in [0.717, 1.165) is 12.2 Å². The molecule has 0 atom stereocenters. The topological polar surface area (TPSA) is 67.8 Å². The van der Waals surface area contributed by atoms with Gasteiger partial charge in [-0.15, -0.1) is 5.10 Å². The molecule has 1 rings (SSSR count). The van der Waals surface area contributed by atoms with E-state index in [0.29, 0.717) is 11.6 Å². The van der Waals surface area contributed by atoms with Gasteiger partial charge in [-0.2, -0.15) is 0 Å². The molecule has 1 aromatic rings. The first-order chi connectivity index (χ1) is 6.61. The van der Waals surface area contributed by atoms with E-state index in [2.05, 4.69) is 10.2 Å². The van der Waals surface area contributed by atoms with Crippen molar-refractivity contribution in [3.8, 4) is 0 Å². The molecule has 0 aromatic carbocycles. The molecule has 0 radical (unpaired) electrons. The Kier molecular flexibility index (Phi) is 3.94. The van der Waals surface area contributed by atoms with Crippen molar-refractivity contribution in [1.82, 2.24) is 14.8 Å². The van der Waals surface area contributed by atoms with Crippen LogP contribution in [0.3, 0.4) is 0 Å². The Balaban J connectivity index is 2.35. The maximum absolute atomic E-state index is 11.0. The molecule has 14 heavy (non-hydrogen) atoms. The first-order valence-corrected chi connectivity index (χ1v) is 5.33. The monoisotopic (exact) mass is 215 g/mol. The summed E-state index contributed by atoms with van der Waals surface area (Å²) < 4.78 is 1.46. The molecule has 5 nitrogen and oxygen atoms in total. The summed E-state index contributed by atoms with van der Waals surface area (Å²) in [6.07, 6.45) is 1.41. The Bertz CT molecular complexity index is 369. The molecule has 6 heteroatoms. The molecule has 1 heterocycles. The number of hydrogen-bond acceptors (Lipinski definition) is 4. The van der Waals surface area contributed by atoms with Crippen molar-refractivity contribution < 1.29 is 4.79 Å². The predicted molar refractivity (Wildman–Crippen MR) is 54.5 cm³/mol. The van der Waals surface area contributed by atoms with Crippen LogP contribution in [0.1, 0.15) is 19.8 Å². The molecule has 0 aliphatic rings. The summed E-state index contributed by atoms with van der Waals surface area (Å²) in [7, 11) is 1.67. The van der Waals surface area contributed by atoms with Gasteiger partial charge < -0.3 is 4.79 Å². The van der Waals surface area contributed by atoms with Gasteiger partial charge >= 0.3 is 5.69 Å². The minimum absolute atomic E-state index is 0.196. The van der Waals surface area contributed by atoms with Crippen molar-refractivity contribution in [3.63, 3.8) is 0 Å². The number of carbonyl (C=O) groups is 1. The molecule has 0 aliphatic carbocycles. The maximum atomic E-state index is 11.0. The second kappa shape index (κ2) is 4.99. The number of nitrogens with one attached hydrogen (secondary N) is 1. The zero-order valence-electron chi connectivity index (χ0n) is 8.24. The molecule has 0 saturated heterocycles. The molecule has 78 valence electrons. The molecular formula is C8H13N3O2S. The Hall–Kier alpha value is -1.04. The minimum atomic E-state index is -0.209. The number of thioether (sulfide) groups is 1. The lowest BCUT2D eigenvalue weighted by atomic mass is 10.3. The van der Waals surface area contributed by atoms with Gasteiger partial charge in [0.25, 0.3) is 0 Å². The summed E-state index contributed by atoms with van der Waals surface area (Å²) in [5, 5.41) is 6.86. The van der Waals surface area contributed by atoms with Crippen LogP contribution in [0.5, 0.6) is 0 Å². The van der Waals surface area contributed by atoms with Crippen molar-refractivity contribution >= 4 is 17.5 Å². The Morgan fingerprint density at radius 2 is 2.36 bits per heavy atom. The van der Waals surface area contributed by atoms with Crippen LogP contribution >= 0.6 is 11.8 Å². The van der Waals surface area contributed by atoms with Crippen molar-refractivity contribution in [2.75, 3.05) is 5.75 Å². The lowest BCUT2D eigenvalue weighted by molar-refractivity contribution is -0.117. The molecule has 1 N–H and O–H groups in total. The molecule has 0 aliphatic heterocycles. The number of ketones is 1. The van der Waals surface area contributed by atoms with Gasteiger partial charge in [-0.05, 0) is 13.3 Å². The quantitative estimate of drug-likeness (QED) is 0.576. The summed E-state index contributed by atoms with van der Waals surface area (Å²) in [6, 6.07) is 0. The highest BCUT2D eigenvalue weighted by molar-refractivity contribution is 7.99. The van der Waals surface area contributed by atoms with Gasteiger partial charge in [0.2, 0.25) is 0 Å². The normalized spacial score (nSPS) is 10.4. The summed E-state index contributed by atoms with van der Waals surface area (Å²) in [6.45, 7) is 1.58. The fourth-order valence-electron chi connectivity index (χ4n) is 0.946. The van der Waals surface area contributed by atoms with E-state index in [9.17, 15) is 9.59 Å². The van der Waals surface area contributed by atoms with Gasteiger partial charge in [-0.25, -0.2) is 9.89 Å². The molecule has 1 aromatic heterocycles. The number of aromatic nitrogens is 3. The third-order valence-electron chi connectivity index (χ3n) is 1.74. The summed E-state index contributed by atoms with van der Waals surface area (Å²) in [4.78, 5) is 21.6. The number of rotatable bonds is 5. The summed E-state index contributed by atoms with van der Waals surface area (Å²) >= 11 is 1.48. The van der Waals surface area contributed by atoms with E-state index < -0.39 is 0 Å². The van der Waals surface area contributed by atoms with Gasteiger partial charge in [0.05, 0.1) is 0 Å². The molecule has 0 spiro atoms. The molecule has 0 saturated carbocycles. The number of carbonyl (C=O) groups excluding carboxylic acids is 1. The lowest BCUT2D eigenvalue weighted by Crippen LogP contribution is -2.12. The van der Waals surface area contributed by atoms with Gasteiger partial charge in [0, 0.05) is 19.2 Å². The smallest absolute Gasteiger partial charge is 0.300 e. The van der Waals surface area contributed by atoms with Crippen LogP contribution in [-0.4, -0.2) is 26.3 Å². The van der Waals surface area contributed by atoms with Crippen molar-refractivity contribution in [2.24, 2.45) is 7.05 Å². The van der Waals surface area contributed by atoms with E-state index in [1.54, 1.807) is 14.0 Å². The molecule has 0 amide bonds. The summed E-state index contributed by atoms with van der Waals surface area (Å²) in [5.74, 6) is 0.999. The van der Waals surface area contributed by atoms with Crippen LogP contribution in [0.4, 0.5) is 0 Å². The fraction of sp³-hybridized carbons (Fsp3) is 0.625. The first kappa shape index (κ1) is 11.0. The maximum Gasteiger partial charge on any atom is 0.343 e. The second-order valence-electron chi connectivity index (χ2n) is 3.02. The number of aromatic amines is 1. The third kappa shape index (κ3) is 3.02. The number of H-pyrrole nitrogens is 1. The minimum Gasteiger partial charge on any atom is -0.300 e. The SMILES string of the molecule is CC(=O)CCCSc1n[nH]c(=O)n1C. The van der Waals surface area contributed by atoms with E-state index in [-0.39, 0.29) is 11.5 Å². The van der Waals surface area contributed by atoms with Crippen LogP contribution in [0, 0.1) is 0 Å². The van der Waals surface area contributed by atoms with Crippen molar-refractivity contribution in [1.29, 1.82) is 0 Å². The van der Waals surface area contributed by atoms with E-state index in [1.165, 1.54) is 16.3 Å². The molecular weight excluding hydrogens is 202 g/mol. The van der Waals surface area contributed by atoms with Crippen molar-refractivity contribution in [3.05, 3.63) is 10.5 Å². The average Bonchev–Trinajstić information content (AvgIpc) is 2.43. The van der Waals surface area contributed by atoms with Crippen LogP contribution in [0.2, 0.25) is 0 Å². The largest absolute Gasteiger partial charge is 0.343 e. The van der Waals surface area contributed by atoms with Crippen molar-refractivity contribution in [2.45, 2.75) is 24.9 Å². The number of nitrogens with zero attached hydrogens (tertiary/aromatic N) is 2. The van der Waals surface area contributed by atoms with Gasteiger partial charge in [0.1, 0.15) is 5.78 Å². The Morgan fingerprint density at radius 3 is 2.86 bits per heavy atom. The molecule has 0 bridgehead atoms. The van der Waals surface area contributed by atoms with E-state index in [1.807, 2.05) is 0 Å². The third-order valence-corrected chi connectivity index (χ3v) is 2.86. The number of hydrogen-bond donors (Lipinski definition) is 1. The zero-order chi connectivity index (χ0) is 10.6. The van der Waals surface area contributed by atoms with E-state index in [4.69, 9.17) is 0 Å². The Labute approximate surface area is 85.9 Å². The van der Waals surface area contributed by atoms with Gasteiger partial charge in [0.15, 0.2) is 5.16 Å². The molecule has 0 unspecified atom stereocenters. The number of Topliss-reactive ketones (excluding diaryl/α,β-unsaturated/α-hetero) is 1. The standard InChI is InChI=1S/C8H13N3O2S/c1-6(12)4-3-5-14-8-10-9-7(13)11(8)2/h3-5H2,1-2H3,(H,9,13). The second-order valence-corrected chi connectivity index (χ2v) is 4.09. The average molecular weight is 215 g/mol. The first-order valence-electron chi connectivity index (χ1n) is 4.35. The predicted octanol–water partition coefficient (Wildman–Crippen LogP) is 0.570. The van der Waals surface area contributed by atoms with E-state index >= 15 is 0 Å².